The Morgan fingerprint density at radius 1 is 0.704 bits per heavy atom. The molecule has 0 aromatic heterocycles. The van der Waals surface area contributed by atoms with Gasteiger partial charge in [-0.1, -0.05) is 0 Å². The summed E-state index contributed by atoms with van der Waals surface area (Å²) in [6, 6.07) is 4.87. The molecule has 0 bridgehead atoms. The monoisotopic (exact) mass is 372 g/mol. The van der Waals surface area contributed by atoms with Crippen LogP contribution in [0, 0.1) is 47.9 Å². The van der Waals surface area contributed by atoms with Crippen molar-refractivity contribution in [3.8, 4) is 0 Å². The highest BCUT2D eigenvalue weighted by atomic mass is 16.6. The van der Waals surface area contributed by atoms with Gasteiger partial charge in [-0.3, -0.25) is 20.2 Å². The fourth-order valence-corrected chi connectivity index (χ4v) is 2.92. The van der Waals surface area contributed by atoms with E-state index in [4.69, 9.17) is 4.74 Å². The zero-order valence-electron chi connectivity index (χ0n) is 15.1. The van der Waals surface area contributed by atoms with E-state index in [0.29, 0.717) is 22.3 Å². The van der Waals surface area contributed by atoms with Crippen molar-refractivity contribution >= 4 is 23.3 Å². The minimum Gasteiger partial charge on any atom is -0.386 e. The highest BCUT2D eigenvalue weighted by Gasteiger charge is 2.24. The average Bonchev–Trinajstić information content (AvgIpc) is 2.52. The van der Waals surface area contributed by atoms with Gasteiger partial charge in [0.25, 0.3) is 11.4 Å². The van der Waals surface area contributed by atoms with E-state index >= 15 is 0 Å². The number of nitrogens with zero attached hydrogens (tertiary/aromatic N) is 2. The smallest absolute Gasteiger partial charge is 0.346 e. The highest BCUT2D eigenvalue weighted by Crippen LogP contribution is 2.25. The number of hydrogen-bond donors (Lipinski definition) is 0. The Morgan fingerprint density at radius 2 is 0.963 bits per heavy atom. The van der Waals surface area contributed by atoms with E-state index in [1.165, 1.54) is 52.0 Å². The molecule has 0 heterocycles. The SMILES string of the molecule is Cc1cc([N+](=O)[O-])cc(C)c1C(=O)OC(=O)c1c(C)cc([N+](=O)[O-])cc1C. The zero-order chi connectivity index (χ0) is 20.5. The molecule has 9 nitrogen and oxygen atoms in total. The average molecular weight is 372 g/mol. The van der Waals surface area contributed by atoms with Gasteiger partial charge < -0.3 is 4.74 Å². The number of hydrogen-bond acceptors (Lipinski definition) is 7. The topological polar surface area (TPSA) is 130 Å². The standard InChI is InChI=1S/C18H16N2O7/c1-9-5-13(19(23)24)6-10(2)15(9)17(21)27-18(22)16-11(3)7-14(20(25)26)8-12(16)4/h5-8H,1-4H3. The molecular formula is C18H16N2O7. The Labute approximate surface area is 153 Å². The van der Waals surface area contributed by atoms with Crippen LogP contribution in [-0.2, 0) is 4.74 Å². The number of nitro groups is 2. The molecule has 0 saturated heterocycles. The molecule has 0 radical (unpaired) electrons. The minimum atomic E-state index is -0.943. The maximum atomic E-state index is 12.4. The molecule has 0 atom stereocenters. The van der Waals surface area contributed by atoms with E-state index < -0.39 is 21.8 Å². The van der Waals surface area contributed by atoms with Gasteiger partial charge in [0.2, 0.25) is 0 Å². The summed E-state index contributed by atoms with van der Waals surface area (Å²) < 4.78 is 4.93. The third kappa shape index (κ3) is 3.97. The number of carbonyl (C=O) groups excluding carboxylic acids is 2. The molecular weight excluding hydrogens is 356 g/mol. The molecule has 0 aliphatic carbocycles. The first-order valence-corrected chi connectivity index (χ1v) is 7.80. The summed E-state index contributed by atoms with van der Waals surface area (Å²) in [6.45, 7) is 6.01. The van der Waals surface area contributed by atoms with Crippen LogP contribution in [0.15, 0.2) is 24.3 Å². The van der Waals surface area contributed by atoms with Crippen LogP contribution >= 0.6 is 0 Å². The van der Waals surface area contributed by atoms with E-state index in [1.54, 1.807) is 0 Å². The quantitative estimate of drug-likeness (QED) is 0.346. The van der Waals surface area contributed by atoms with E-state index in [9.17, 15) is 29.8 Å². The Morgan fingerprint density at radius 3 is 1.19 bits per heavy atom. The largest absolute Gasteiger partial charge is 0.386 e. The summed E-state index contributed by atoms with van der Waals surface area (Å²) in [5, 5.41) is 21.8. The lowest BCUT2D eigenvalue weighted by atomic mass is 10.0. The second-order valence-corrected chi connectivity index (χ2v) is 6.10. The highest BCUT2D eigenvalue weighted by molar-refractivity contribution is 6.05. The van der Waals surface area contributed by atoms with Crippen molar-refractivity contribution < 1.29 is 24.2 Å². The number of aryl methyl sites for hydroxylation is 4. The van der Waals surface area contributed by atoms with Crippen LogP contribution in [0.2, 0.25) is 0 Å². The van der Waals surface area contributed by atoms with Crippen molar-refractivity contribution in [3.05, 3.63) is 77.9 Å². The van der Waals surface area contributed by atoms with E-state index in [0.717, 1.165) is 0 Å². The summed E-state index contributed by atoms with van der Waals surface area (Å²) in [5.74, 6) is -1.89. The molecule has 27 heavy (non-hydrogen) atoms. The number of esters is 2. The summed E-state index contributed by atoms with van der Waals surface area (Å²) in [6.07, 6.45) is 0. The van der Waals surface area contributed by atoms with E-state index in [-0.39, 0.29) is 22.5 Å². The van der Waals surface area contributed by atoms with E-state index in [2.05, 4.69) is 0 Å². The van der Waals surface area contributed by atoms with E-state index in [1.807, 2.05) is 0 Å². The Balaban J connectivity index is 2.36. The predicted molar refractivity (Wildman–Crippen MR) is 94.9 cm³/mol. The normalized spacial score (nSPS) is 10.4. The van der Waals surface area contributed by atoms with Crippen molar-refractivity contribution in [1.29, 1.82) is 0 Å². The fraction of sp³-hybridized carbons (Fsp3) is 0.222. The molecule has 0 saturated carbocycles. The number of benzene rings is 2. The van der Waals surface area contributed by atoms with Gasteiger partial charge in [0.05, 0.1) is 21.0 Å². The molecule has 0 amide bonds. The van der Waals surface area contributed by atoms with Crippen molar-refractivity contribution in [2.45, 2.75) is 27.7 Å². The fourth-order valence-electron chi connectivity index (χ4n) is 2.92. The molecule has 2 aromatic carbocycles. The lowest BCUT2D eigenvalue weighted by molar-refractivity contribution is -0.385. The van der Waals surface area contributed by atoms with Gasteiger partial charge in [-0.15, -0.1) is 0 Å². The first-order valence-electron chi connectivity index (χ1n) is 7.80. The number of ether oxygens (including phenoxy) is 1. The van der Waals surface area contributed by atoms with Crippen LogP contribution in [0.3, 0.4) is 0 Å². The summed E-state index contributed by atoms with van der Waals surface area (Å²) >= 11 is 0. The van der Waals surface area contributed by atoms with Crippen LogP contribution < -0.4 is 0 Å². The molecule has 0 spiro atoms. The molecule has 2 rings (SSSR count). The number of carbonyl (C=O) groups is 2. The van der Waals surface area contributed by atoms with Crippen LogP contribution in [0.5, 0.6) is 0 Å². The Kier molecular flexibility index (Phi) is 5.34. The molecule has 0 aliphatic rings. The molecule has 2 aromatic rings. The van der Waals surface area contributed by atoms with Gasteiger partial charge in [0.15, 0.2) is 0 Å². The lowest BCUT2D eigenvalue weighted by Crippen LogP contribution is -2.17. The van der Waals surface area contributed by atoms with Crippen molar-refractivity contribution in [2.24, 2.45) is 0 Å². The van der Waals surface area contributed by atoms with Gasteiger partial charge in [0, 0.05) is 24.3 Å². The first kappa shape index (κ1) is 19.7. The van der Waals surface area contributed by atoms with Gasteiger partial charge >= 0.3 is 11.9 Å². The van der Waals surface area contributed by atoms with Crippen molar-refractivity contribution in [2.75, 3.05) is 0 Å². The maximum Gasteiger partial charge on any atom is 0.346 e. The van der Waals surface area contributed by atoms with Crippen molar-refractivity contribution in [3.63, 3.8) is 0 Å². The summed E-state index contributed by atoms with van der Waals surface area (Å²) in [7, 11) is 0. The molecule has 0 fully saturated rings. The summed E-state index contributed by atoms with van der Waals surface area (Å²) in [4.78, 5) is 45.5. The predicted octanol–water partition coefficient (Wildman–Crippen LogP) is 3.73. The van der Waals surface area contributed by atoms with Gasteiger partial charge in [-0.2, -0.15) is 0 Å². The van der Waals surface area contributed by atoms with Crippen LogP contribution in [-0.4, -0.2) is 21.8 Å². The lowest BCUT2D eigenvalue weighted by Gasteiger charge is -2.11. The van der Waals surface area contributed by atoms with Crippen molar-refractivity contribution in [1.82, 2.24) is 0 Å². The number of rotatable bonds is 4. The second-order valence-electron chi connectivity index (χ2n) is 6.10. The third-order valence-electron chi connectivity index (χ3n) is 4.05. The Hall–Kier alpha value is -3.62. The minimum absolute atomic E-state index is 0.0613. The van der Waals surface area contributed by atoms with Gasteiger partial charge in [-0.25, -0.2) is 9.59 Å². The molecule has 0 unspecified atom stereocenters. The molecule has 0 aliphatic heterocycles. The third-order valence-corrected chi connectivity index (χ3v) is 4.05. The zero-order valence-corrected chi connectivity index (χ0v) is 15.1. The first-order chi connectivity index (χ1) is 12.5. The van der Waals surface area contributed by atoms with Crippen LogP contribution in [0.1, 0.15) is 43.0 Å². The molecule has 9 heteroatoms. The molecule has 140 valence electrons. The molecule has 0 N–H and O–H groups in total. The van der Waals surface area contributed by atoms with Gasteiger partial charge in [-0.05, 0) is 49.9 Å². The summed E-state index contributed by atoms with van der Waals surface area (Å²) in [5.41, 5.74) is 0.990. The van der Waals surface area contributed by atoms with Crippen LogP contribution in [0.25, 0.3) is 0 Å². The number of nitro benzene ring substituents is 2. The van der Waals surface area contributed by atoms with Gasteiger partial charge in [0.1, 0.15) is 0 Å². The maximum absolute atomic E-state index is 12.4. The number of non-ortho nitro benzene ring substituents is 2. The Bertz CT molecular complexity index is 870. The van der Waals surface area contributed by atoms with Crippen LogP contribution in [0.4, 0.5) is 11.4 Å². The second kappa shape index (κ2) is 7.32.